The number of hydrogen-bond acceptors (Lipinski definition) is 3. The largest absolute Gasteiger partial charge is 0.295 e. The van der Waals surface area contributed by atoms with E-state index in [0.29, 0.717) is 17.5 Å². The average molecular weight is 365 g/mol. The third-order valence-corrected chi connectivity index (χ3v) is 5.44. The topological polar surface area (TPSA) is 34.1 Å². The van der Waals surface area contributed by atoms with Gasteiger partial charge in [0.1, 0.15) is 0 Å². The van der Waals surface area contributed by atoms with Gasteiger partial charge in [-0.3, -0.25) is 9.59 Å². The van der Waals surface area contributed by atoms with Crippen LogP contribution in [0.25, 0.3) is 0 Å². The summed E-state index contributed by atoms with van der Waals surface area (Å²) in [5, 5.41) is 0.436. The number of allylic oxidation sites excluding steroid dienone is 6. The maximum absolute atomic E-state index is 12.3. The van der Waals surface area contributed by atoms with Crippen LogP contribution in [0, 0.1) is 5.41 Å². The summed E-state index contributed by atoms with van der Waals surface area (Å²) in [6.07, 6.45) is 14.5. The first kappa shape index (κ1) is 23.9. The minimum absolute atomic E-state index is 0.0948. The van der Waals surface area contributed by atoms with E-state index >= 15 is 0 Å². The zero-order valence-corrected chi connectivity index (χ0v) is 18.0. The molecule has 0 heterocycles. The van der Waals surface area contributed by atoms with E-state index in [1.165, 1.54) is 12.0 Å². The Labute approximate surface area is 159 Å². The first-order valence-corrected chi connectivity index (χ1v) is 10.5. The second kappa shape index (κ2) is 12.3. The Hall–Kier alpha value is -1.09. The summed E-state index contributed by atoms with van der Waals surface area (Å²) < 4.78 is 0. The van der Waals surface area contributed by atoms with Crippen LogP contribution in [0.2, 0.25) is 0 Å². The molecule has 142 valence electrons. The average Bonchev–Trinajstić information content (AvgIpc) is 2.50. The lowest BCUT2D eigenvalue weighted by Crippen LogP contribution is -2.27. The molecule has 0 spiro atoms. The Morgan fingerprint density at radius 3 is 2.40 bits per heavy atom. The van der Waals surface area contributed by atoms with E-state index in [9.17, 15) is 9.59 Å². The van der Waals surface area contributed by atoms with Crippen LogP contribution in [-0.4, -0.2) is 23.1 Å². The van der Waals surface area contributed by atoms with E-state index in [2.05, 4.69) is 34.0 Å². The van der Waals surface area contributed by atoms with E-state index < -0.39 is 0 Å². The lowest BCUT2D eigenvalue weighted by atomic mass is 9.70. The number of thioether (sulfide) groups is 1. The fourth-order valence-electron chi connectivity index (χ4n) is 3.13. The van der Waals surface area contributed by atoms with Crippen LogP contribution >= 0.6 is 11.8 Å². The molecular formula is C22H36O2S. The Kier molecular flexibility index (Phi) is 11.8. The number of ketones is 2. The molecule has 1 aliphatic carbocycles. The minimum atomic E-state index is 0.0948. The van der Waals surface area contributed by atoms with Gasteiger partial charge in [0.15, 0.2) is 11.6 Å². The van der Waals surface area contributed by atoms with Gasteiger partial charge in [-0.1, -0.05) is 44.6 Å². The fraction of sp³-hybridized carbons (Fsp3) is 0.636. The number of carbonyl (C=O) groups is 2. The van der Waals surface area contributed by atoms with Gasteiger partial charge in [-0.2, -0.15) is 11.8 Å². The summed E-state index contributed by atoms with van der Waals surface area (Å²) in [6.45, 7) is 12.2. The fourth-order valence-corrected chi connectivity index (χ4v) is 3.45. The van der Waals surface area contributed by atoms with E-state index in [4.69, 9.17) is 0 Å². The maximum Gasteiger partial charge on any atom is 0.160 e. The van der Waals surface area contributed by atoms with Crippen molar-refractivity contribution >= 4 is 23.3 Å². The van der Waals surface area contributed by atoms with Crippen molar-refractivity contribution in [1.29, 1.82) is 0 Å². The van der Waals surface area contributed by atoms with E-state index in [1.54, 1.807) is 24.8 Å². The van der Waals surface area contributed by atoms with Crippen molar-refractivity contribution in [1.82, 2.24) is 0 Å². The smallest absolute Gasteiger partial charge is 0.160 e. The molecule has 0 fully saturated rings. The van der Waals surface area contributed by atoms with Crippen molar-refractivity contribution in [3.8, 4) is 0 Å². The highest BCUT2D eigenvalue weighted by atomic mass is 32.2. The van der Waals surface area contributed by atoms with E-state index in [1.807, 2.05) is 25.2 Å². The summed E-state index contributed by atoms with van der Waals surface area (Å²) in [7, 11) is 0. The highest BCUT2D eigenvalue weighted by Crippen LogP contribution is 2.41. The van der Waals surface area contributed by atoms with Crippen molar-refractivity contribution in [2.24, 2.45) is 5.41 Å². The van der Waals surface area contributed by atoms with Crippen LogP contribution in [-0.2, 0) is 9.59 Å². The van der Waals surface area contributed by atoms with Gasteiger partial charge in [-0.25, -0.2) is 0 Å². The maximum atomic E-state index is 12.3. The Bertz CT molecular complexity index is 524. The Morgan fingerprint density at radius 2 is 1.92 bits per heavy atom. The molecule has 1 aliphatic rings. The first-order chi connectivity index (χ1) is 11.7. The molecule has 0 aliphatic heterocycles. The van der Waals surface area contributed by atoms with Crippen LogP contribution in [0.5, 0.6) is 0 Å². The number of Topliss-reactive ketones (excluding diaryl/α,β-unsaturated/α-hetero) is 1. The molecule has 1 atom stereocenters. The van der Waals surface area contributed by atoms with Crippen molar-refractivity contribution in [3.63, 3.8) is 0 Å². The summed E-state index contributed by atoms with van der Waals surface area (Å²) in [6, 6.07) is 0. The van der Waals surface area contributed by atoms with Crippen molar-refractivity contribution < 1.29 is 9.59 Å². The lowest BCUT2D eigenvalue weighted by molar-refractivity contribution is -0.116. The molecule has 0 saturated carbocycles. The van der Waals surface area contributed by atoms with Gasteiger partial charge >= 0.3 is 0 Å². The molecule has 0 aromatic heterocycles. The predicted molar refractivity (Wildman–Crippen MR) is 112 cm³/mol. The van der Waals surface area contributed by atoms with Gasteiger partial charge in [-0.15, -0.1) is 0 Å². The van der Waals surface area contributed by atoms with Gasteiger partial charge < -0.3 is 0 Å². The van der Waals surface area contributed by atoms with Crippen LogP contribution in [0.1, 0.15) is 73.6 Å². The summed E-state index contributed by atoms with van der Waals surface area (Å²) in [5.74, 6) is 0.489. The molecule has 0 aromatic rings. The zero-order valence-electron chi connectivity index (χ0n) is 17.1. The van der Waals surface area contributed by atoms with Gasteiger partial charge in [0.05, 0.1) is 0 Å². The Balaban J connectivity index is 0.000000547. The quantitative estimate of drug-likeness (QED) is 0.391. The van der Waals surface area contributed by atoms with Gasteiger partial charge in [0, 0.05) is 11.7 Å². The number of hydrogen-bond donors (Lipinski definition) is 0. The summed E-state index contributed by atoms with van der Waals surface area (Å²) >= 11 is 1.78. The highest BCUT2D eigenvalue weighted by molar-refractivity contribution is 7.99. The molecular weight excluding hydrogens is 328 g/mol. The molecule has 0 radical (unpaired) electrons. The van der Waals surface area contributed by atoms with Gasteiger partial charge in [0.2, 0.25) is 0 Å². The van der Waals surface area contributed by atoms with Crippen molar-refractivity contribution in [2.45, 2.75) is 78.9 Å². The van der Waals surface area contributed by atoms with Crippen LogP contribution in [0.15, 0.2) is 35.5 Å². The normalized spacial score (nSPS) is 18.2. The van der Waals surface area contributed by atoms with Gasteiger partial charge in [0.25, 0.3) is 0 Å². The van der Waals surface area contributed by atoms with Crippen molar-refractivity contribution in [2.75, 3.05) is 6.26 Å². The highest BCUT2D eigenvalue weighted by Gasteiger charge is 2.32. The van der Waals surface area contributed by atoms with Crippen LogP contribution in [0.4, 0.5) is 0 Å². The van der Waals surface area contributed by atoms with E-state index in [0.717, 1.165) is 24.8 Å². The molecule has 0 amide bonds. The molecule has 0 bridgehead atoms. The standard InChI is InChI=1S/C14H24OS.C8H12O/c1-10-7-6-8-14(3,4)13(10)12(15)9-11(2)16-5;1-3-4-5-6-7-8(2)9/h11H,6-9H2,1-5H3;3-4,6-7H,5H2,1-2H3/b;4-3+,7-6+. The van der Waals surface area contributed by atoms with E-state index in [-0.39, 0.29) is 11.2 Å². The molecule has 1 rings (SSSR count). The molecule has 0 saturated heterocycles. The van der Waals surface area contributed by atoms with Gasteiger partial charge in [-0.05, 0) is 69.8 Å². The zero-order chi connectivity index (χ0) is 19.5. The second-order valence-electron chi connectivity index (χ2n) is 7.38. The molecule has 0 aromatic carbocycles. The third-order valence-electron chi connectivity index (χ3n) is 4.47. The molecule has 3 heteroatoms. The second-order valence-corrected chi connectivity index (χ2v) is 8.66. The monoisotopic (exact) mass is 364 g/mol. The summed E-state index contributed by atoms with van der Waals surface area (Å²) in [5.41, 5.74) is 2.55. The molecule has 0 N–H and O–H groups in total. The van der Waals surface area contributed by atoms with Crippen molar-refractivity contribution in [3.05, 3.63) is 35.5 Å². The lowest BCUT2D eigenvalue weighted by Gasteiger charge is -2.34. The Morgan fingerprint density at radius 1 is 1.28 bits per heavy atom. The van der Waals surface area contributed by atoms with Crippen LogP contribution < -0.4 is 0 Å². The summed E-state index contributed by atoms with van der Waals surface area (Å²) in [4.78, 5) is 22.6. The predicted octanol–water partition coefficient (Wildman–Crippen LogP) is 6.32. The molecule has 2 nitrogen and oxygen atoms in total. The SMILES string of the molecule is C/C=C/C/C=C/C(C)=O.CSC(C)CC(=O)C1=C(C)CCCC1(C)C. The number of carbonyl (C=O) groups excluding carboxylic acids is 2. The third kappa shape index (κ3) is 9.84. The van der Waals surface area contributed by atoms with Crippen LogP contribution in [0.3, 0.4) is 0 Å². The first-order valence-electron chi connectivity index (χ1n) is 9.20. The molecule has 1 unspecified atom stereocenters. The molecule has 25 heavy (non-hydrogen) atoms. The minimum Gasteiger partial charge on any atom is -0.295 e. The number of rotatable bonds is 7.